The lowest BCUT2D eigenvalue weighted by Gasteiger charge is -2.10. The van der Waals surface area contributed by atoms with Crippen molar-refractivity contribution < 1.29 is 4.74 Å². The largest absolute Gasteiger partial charge is 0.494 e. The Balaban J connectivity index is 1.45. The zero-order valence-corrected chi connectivity index (χ0v) is 17.7. The fraction of sp³-hybridized carbons (Fsp3) is 0.174. The van der Waals surface area contributed by atoms with Crippen molar-refractivity contribution >= 4 is 38.6 Å². The van der Waals surface area contributed by atoms with E-state index in [0.29, 0.717) is 6.61 Å². The van der Waals surface area contributed by atoms with Crippen LogP contribution in [0, 0.1) is 0 Å². The van der Waals surface area contributed by atoms with Crippen molar-refractivity contribution in [3.05, 3.63) is 82.3 Å². The molecule has 3 nitrogen and oxygen atoms in total. The first-order valence-corrected chi connectivity index (χ1v) is 10.5. The number of aromatic nitrogens is 2. The Labute approximate surface area is 178 Å². The van der Waals surface area contributed by atoms with E-state index in [-0.39, 0.29) is 0 Å². The highest BCUT2D eigenvalue weighted by Gasteiger charge is 2.12. The summed E-state index contributed by atoms with van der Waals surface area (Å²) in [6.45, 7) is 1.58. The molecule has 0 radical (unpaired) electrons. The van der Waals surface area contributed by atoms with E-state index in [4.69, 9.17) is 21.3 Å². The van der Waals surface area contributed by atoms with Crippen LogP contribution >= 0.6 is 27.5 Å². The van der Waals surface area contributed by atoms with Crippen LogP contribution in [-0.4, -0.2) is 16.2 Å². The maximum Gasteiger partial charge on any atom is 0.141 e. The van der Waals surface area contributed by atoms with E-state index in [9.17, 15) is 0 Å². The molecular formula is C23H20BrClN2O. The minimum atomic E-state index is 0.682. The molecule has 0 bridgehead atoms. The number of benzene rings is 3. The number of para-hydroxylation sites is 2. The molecule has 0 aliphatic heterocycles. The number of fused-ring (bicyclic) bond motifs is 1. The summed E-state index contributed by atoms with van der Waals surface area (Å²) in [4.78, 5) is 4.87. The molecule has 0 aliphatic carbocycles. The van der Waals surface area contributed by atoms with Gasteiger partial charge in [-0.3, -0.25) is 0 Å². The molecule has 0 saturated carbocycles. The molecule has 1 aromatic heterocycles. The molecule has 28 heavy (non-hydrogen) atoms. The van der Waals surface area contributed by atoms with E-state index in [1.807, 2.05) is 30.3 Å². The van der Waals surface area contributed by atoms with Crippen LogP contribution in [-0.2, 0) is 6.54 Å². The smallest absolute Gasteiger partial charge is 0.141 e. The van der Waals surface area contributed by atoms with Crippen molar-refractivity contribution in [2.45, 2.75) is 19.4 Å². The van der Waals surface area contributed by atoms with E-state index in [1.54, 1.807) is 0 Å². The van der Waals surface area contributed by atoms with Crippen LogP contribution < -0.4 is 4.74 Å². The number of ether oxygens (including phenoxy) is 1. The molecule has 0 fully saturated rings. The van der Waals surface area contributed by atoms with E-state index in [0.717, 1.165) is 51.5 Å². The Hall–Kier alpha value is -2.30. The Kier molecular flexibility index (Phi) is 5.98. The summed E-state index contributed by atoms with van der Waals surface area (Å²) >= 11 is 9.41. The molecule has 5 heteroatoms. The topological polar surface area (TPSA) is 27.1 Å². The van der Waals surface area contributed by atoms with Crippen LogP contribution in [0.15, 0.2) is 77.3 Å². The van der Waals surface area contributed by atoms with Crippen molar-refractivity contribution in [2.75, 3.05) is 6.61 Å². The summed E-state index contributed by atoms with van der Waals surface area (Å²) in [6.07, 6.45) is 1.98. The molecule has 0 spiro atoms. The van der Waals surface area contributed by atoms with Crippen LogP contribution in [0.2, 0.25) is 5.02 Å². The van der Waals surface area contributed by atoms with Gasteiger partial charge in [0.05, 0.1) is 17.6 Å². The summed E-state index contributed by atoms with van der Waals surface area (Å²) in [5, 5.41) is 0.722. The number of halogens is 2. The highest BCUT2D eigenvalue weighted by atomic mass is 79.9. The number of unbranched alkanes of at least 4 members (excludes halogenated alkanes) is 1. The van der Waals surface area contributed by atoms with Gasteiger partial charge in [0.25, 0.3) is 0 Å². The molecule has 0 saturated heterocycles. The van der Waals surface area contributed by atoms with Crippen molar-refractivity contribution in [3.63, 3.8) is 0 Å². The van der Waals surface area contributed by atoms with Crippen LogP contribution in [0.1, 0.15) is 12.8 Å². The summed E-state index contributed by atoms with van der Waals surface area (Å²) in [5.74, 6) is 1.86. The van der Waals surface area contributed by atoms with Gasteiger partial charge in [-0.15, -0.1) is 0 Å². The third-order valence-electron chi connectivity index (χ3n) is 4.62. The Bertz CT molecular complexity index is 1060. The van der Waals surface area contributed by atoms with Gasteiger partial charge >= 0.3 is 0 Å². The zero-order valence-electron chi connectivity index (χ0n) is 15.3. The van der Waals surface area contributed by atoms with Gasteiger partial charge in [0.1, 0.15) is 11.6 Å². The zero-order chi connectivity index (χ0) is 19.3. The van der Waals surface area contributed by atoms with E-state index >= 15 is 0 Å². The third-order valence-corrected chi connectivity index (χ3v) is 5.40. The standard InChI is InChI=1S/C23H20BrClN2O/c24-18-9-7-17(8-10-18)23-26-21-5-1-2-6-22(21)27(23)15-3-4-16-28-20-13-11-19(25)12-14-20/h1-2,5-14H,3-4,15-16H2. The molecule has 4 aromatic rings. The van der Waals surface area contributed by atoms with Gasteiger partial charge in [0.15, 0.2) is 0 Å². The first kappa shape index (κ1) is 19.0. The maximum atomic E-state index is 5.91. The van der Waals surface area contributed by atoms with Gasteiger partial charge in [0.2, 0.25) is 0 Å². The van der Waals surface area contributed by atoms with E-state index in [2.05, 4.69) is 63.0 Å². The van der Waals surface area contributed by atoms with Gasteiger partial charge in [0, 0.05) is 21.6 Å². The summed E-state index contributed by atoms with van der Waals surface area (Å²) < 4.78 is 9.18. The highest BCUT2D eigenvalue weighted by Crippen LogP contribution is 2.26. The highest BCUT2D eigenvalue weighted by molar-refractivity contribution is 9.10. The molecular weight excluding hydrogens is 436 g/mol. The average Bonchev–Trinajstić information content (AvgIpc) is 3.08. The normalized spacial score (nSPS) is 11.1. The second-order valence-electron chi connectivity index (χ2n) is 6.59. The summed E-state index contributed by atoms with van der Waals surface area (Å²) in [5.41, 5.74) is 3.31. The number of hydrogen-bond donors (Lipinski definition) is 0. The van der Waals surface area contributed by atoms with E-state index in [1.165, 1.54) is 5.52 Å². The number of imidazole rings is 1. The summed E-state index contributed by atoms with van der Waals surface area (Å²) in [7, 11) is 0. The van der Waals surface area contributed by atoms with Gasteiger partial charge in [-0.2, -0.15) is 0 Å². The Morgan fingerprint density at radius 2 is 1.64 bits per heavy atom. The van der Waals surface area contributed by atoms with Crippen LogP contribution in [0.3, 0.4) is 0 Å². The van der Waals surface area contributed by atoms with Crippen molar-refractivity contribution in [2.24, 2.45) is 0 Å². The number of hydrogen-bond acceptors (Lipinski definition) is 2. The predicted octanol–water partition coefficient (Wildman–Crippen LogP) is 6.98. The summed E-state index contributed by atoms with van der Waals surface area (Å²) in [6, 6.07) is 24.1. The van der Waals surface area contributed by atoms with Crippen molar-refractivity contribution in [3.8, 4) is 17.1 Å². The first-order chi connectivity index (χ1) is 13.7. The number of aryl methyl sites for hydroxylation is 1. The second-order valence-corrected chi connectivity index (χ2v) is 7.94. The lowest BCUT2D eigenvalue weighted by atomic mass is 10.2. The monoisotopic (exact) mass is 454 g/mol. The average molecular weight is 456 g/mol. The molecule has 142 valence electrons. The molecule has 0 atom stereocenters. The van der Waals surface area contributed by atoms with Crippen molar-refractivity contribution in [1.29, 1.82) is 0 Å². The molecule has 0 amide bonds. The second kappa shape index (κ2) is 8.80. The molecule has 0 unspecified atom stereocenters. The molecule has 1 heterocycles. The fourth-order valence-corrected chi connectivity index (χ4v) is 3.60. The number of nitrogens with zero attached hydrogens (tertiary/aromatic N) is 2. The number of rotatable bonds is 7. The predicted molar refractivity (Wildman–Crippen MR) is 119 cm³/mol. The van der Waals surface area contributed by atoms with E-state index < -0.39 is 0 Å². The Morgan fingerprint density at radius 1 is 0.893 bits per heavy atom. The van der Waals surface area contributed by atoms with Crippen LogP contribution in [0.5, 0.6) is 5.75 Å². The molecule has 3 aromatic carbocycles. The van der Waals surface area contributed by atoms with Gasteiger partial charge < -0.3 is 9.30 Å². The molecule has 0 aliphatic rings. The molecule has 4 rings (SSSR count). The van der Waals surface area contributed by atoms with Gasteiger partial charge in [-0.05, 0) is 61.4 Å². The fourth-order valence-electron chi connectivity index (χ4n) is 3.21. The van der Waals surface area contributed by atoms with Crippen molar-refractivity contribution in [1.82, 2.24) is 9.55 Å². The van der Waals surface area contributed by atoms with Crippen LogP contribution in [0.4, 0.5) is 0 Å². The third kappa shape index (κ3) is 4.40. The minimum Gasteiger partial charge on any atom is -0.494 e. The SMILES string of the molecule is Clc1ccc(OCCCCn2c(-c3ccc(Br)cc3)nc3ccccc32)cc1. The maximum absolute atomic E-state index is 5.91. The first-order valence-electron chi connectivity index (χ1n) is 9.30. The lowest BCUT2D eigenvalue weighted by molar-refractivity contribution is 0.303. The quantitative estimate of drug-likeness (QED) is 0.281. The minimum absolute atomic E-state index is 0.682. The Morgan fingerprint density at radius 3 is 2.43 bits per heavy atom. The van der Waals surface area contributed by atoms with Gasteiger partial charge in [-0.1, -0.05) is 51.8 Å². The lowest BCUT2D eigenvalue weighted by Crippen LogP contribution is -2.04. The van der Waals surface area contributed by atoms with Gasteiger partial charge in [-0.25, -0.2) is 4.98 Å². The molecule has 0 N–H and O–H groups in total. The van der Waals surface area contributed by atoms with Crippen LogP contribution in [0.25, 0.3) is 22.4 Å².